The van der Waals surface area contributed by atoms with E-state index in [1.807, 2.05) is 6.92 Å². The second kappa shape index (κ2) is 8.95. The Morgan fingerprint density at radius 3 is 2.47 bits per heavy atom. The number of nitrogens with two attached hydrogens (primary N) is 1. The second-order valence-electron chi connectivity index (χ2n) is 4.21. The number of carbonyl (C=O) groups is 2. The summed E-state index contributed by atoms with van der Waals surface area (Å²) in [5.74, 6) is -0.974. The Morgan fingerprint density at radius 2 is 1.94 bits per heavy atom. The lowest BCUT2D eigenvalue weighted by Crippen LogP contribution is -2.30. The summed E-state index contributed by atoms with van der Waals surface area (Å²) in [7, 11) is 0. The van der Waals surface area contributed by atoms with Crippen molar-refractivity contribution in [2.24, 2.45) is 11.7 Å². The van der Waals surface area contributed by atoms with Gasteiger partial charge in [-0.1, -0.05) is 6.92 Å². The standard InChI is InChI=1S/C11H22N2O4/c1-8(4-6-12)2-3-10(15)13-7-5-9(14)11(16)17/h8-9,14H,2-7,12H2,1H3,(H,13,15)(H,16,17). The molecule has 0 spiro atoms. The maximum Gasteiger partial charge on any atom is 0.332 e. The fraction of sp³-hybridized carbons (Fsp3) is 0.818. The highest BCUT2D eigenvalue weighted by molar-refractivity contribution is 5.76. The Labute approximate surface area is 101 Å². The van der Waals surface area contributed by atoms with Crippen molar-refractivity contribution in [3.05, 3.63) is 0 Å². The van der Waals surface area contributed by atoms with E-state index in [0.29, 0.717) is 18.9 Å². The number of hydrogen-bond donors (Lipinski definition) is 4. The van der Waals surface area contributed by atoms with Crippen LogP contribution in [-0.2, 0) is 9.59 Å². The lowest BCUT2D eigenvalue weighted by Gasteiger charge is -2.10. The third-order valence-electron chi connectivity index (χ3n) is 2.55. The van der Waals surface area contributed by atoms with Crippen molar-refractivity contribution in [2.75, 3.05) is 13.1 Å². The molecule has 0 aromatic heterocycles. The molecule has 0 radical (unpaired) electrons. The van der Waals surface area contributed by atoms with Crippen LogP contribution in [0.2, 0.25) is 0 Å². The van der Waals surface area contributed by atoms with E-state index in [1.165, 1.54) is 0 Å². The summed E-state index contributed by atoms with van der Waals surface area (Å²) in [6.07, 6.45) is 0.686. The number of carboxylic acids is 1. The van der Waals surface area contributed by atoms with Crippen LogP contribution < -0.4 is 11.1 Å². The van der Waals surface area contributed by atoms with Gasteiger partial charge in [-0.3, -0.25) is 4.79 Å². The molecule has 0 saturated heterocycles. The normalized spacial score (nSPS) is 14.1. The van der Waals surface area contributed by atoms with Gasteiger partial charge in [-0.15, -0.1) is 0 Å². The van der Waals surface area contributed by atoms with Crippen molar-refractivity contribution in [1.29, 1.82) is 0 Å². The van der Waals surface area contributed by atoms with Gasteiger partial charge in [0, 0.05) is 19.4 Å². The van der Waals surface area contributed by atoms with Crippen LogP contribution >= 0.6 is 0 Å². The van der Waals surface area contributed by atoms with Crippen molar-refractivity contribution >= 4 is 11.9 Å². The number of aliphatic hydroxyl groups excluding tert-OH is 1. The van der Waals surface area contributed by atoms with Gasteiger partial charge >= 0.3 is 5.97 Å². The van der Waals surface area contributed by atoms with Crippen LogP contribution in [-0.4, -0.2) is 41.3 Å². The molecule has 0 aliphatic rings. The number of rotatable bonds is 9. The van der Waals surface area contributed by atoms with Gasteiger partial charge in [-0.25, -0.2) is 4.79 Å². The van der Waals surface area contributed by atoms with Crippen LogP contribution in [0.3, 0.4) is 0 Å². The highest BCUT2D eigenvalue weighted by atomic mass is 16.4. The van der Waals surface area contributed by atoms with Gasteiger partial charge in [0.25, 0.3) is 0 Å². The predicted molar refractivity (Wildman–Crippen MR) is 63.3 cm³/mol. The van der Waals surface area contributed by atoms with Crippen LogP contribution in [0.5, 0.6) is 0 Å². The molecule has 0 saturated carbocycles. The van der Waals surface area contributed by atoms with E-state index in [2.05, 4.69) is 5.32 Å². The molecule has 0 rings (SSSR count). The number of nitrogens with one attached hydrogen (secondary N) is 1. The van der Waals surface area contributed by atoms with E-state index < -0.39 is 12.1 Å². The van der Waals surface area contributed by atoms with Gasteiger partial charge in [0.2, 0.25) is 5.91 Å². The minimum atomic E-state index is -1.41. The van der Waals surface area contributed by atoms with Gasteiger partial charge in [-0.05, 0) is 25.3 Å². The zero-order valence-corrected chi connectivity index (χ0v) is 10.2. The molecule has 17 heavy (non-hydrogen) atoms. The van der Waals surface area contributed by atoms with E-state index in [4.69, 9.17) is 15.9 Å². The molecule has 0 heterocycles. The summed E-state index contributed by atoms with van der Waals surface area (Å²) < 4.78 is 0. The van der Waals surface area contributed by atoms with Crippen molar-refractivity contribution in [1.82, 2.24) is 5.32 Å². The van der Waals surface area contributed by atoms with Gasteiger partial charge in [0.15, 0.2) is 6.10 Å². The first-order chi connectivity index (χ1) is 7.97. The molecule has 1 amide bonds. The van der Waals surface area contributed by atoms with E-state index in [0.717, 1.165) is 12.8 Å². The van der Waals surface area contributed by atoms with Crippen LogP contribution in [0.4, 0.5) is 0 Å². The van der Waals surface area contributed by atoms with Crippen molar-refractivity contribution in [3.8, 4) is 0 Å². The molecule has 0 aliphatic carbocycles. The van der Waals surface area contributed by atoms with Crippen molar-refractivity contribution in [3.63, 3.8) is 0 Å². The Kier molecular flexibility index (Phi) is 8.35. The van der Waals surface area contributed by atoms with E-state index in [1.54, 1.807) is 0 Å². The highest BCUT2D eigenvalue weighted by Gasteiger charge is 2.13. The summed E-state index contributed by atoms with van der Waals surface area (Å²) >= 11 is 0. The fourth-order valence-corrected chi connectivity index (χ4v) is 1.37. The molecule has 0 bridgehead atoms. The zero-order valence-electron chi connectivity index (χ0n) is 10.2. The first-order valence-electron chi connectivity index (χ1n) is 5.85. The molecular weight excluding hydrogens is 224 g/mol. The summed E-state index contributed by atoms with van der Waals surface area (Å²) in [6.45, 7) is 2.83. The monoisotopic (exact) mass is 246 g/mol. The molecule has 2 atom stereocenters. The summed E-state index contributed by atoms with van der Waals surface area (Å²) in [4.78, 5) is 21.6. The Bertz CT molecular complexity index is 246. The zero-order chi connectivity index (χ0) is 13.3. The summed E-state index contributed by atoms with van der Waals surface area (Å²) in [6, 6.07) is 0. The second-order valence-corrected chi connectivity index (χ2v) is 4.21. The molecular formula is C11H22N2O4. The third kappa shape index (κ3) is 8.65. The van der Waals surface area contributed by atoms with Crippen LogP contribution in [0, 0.1) is 5.92 Å². The molecule has 0 fully saturated rings. The number of aliphatic hydroxyl groups is 1. The van der Waals surface area contributed by atoms with Gasteiger partial charge in [0.05, 0.1) is 0 Å². The Hall–Kier alpha value is -1.14. The number of amides is 1. The predicted octanol–water partition coefficient (Wildman–Crippen LogP) is -0.297. The molecule has 2 unspecified atom stereocenters. The lowest BCUT2D eigenvalue weighted by molar-refractivity contribution is -0.147. The molecule has 0 aliphatic heterocycles. The van der Waals surface area contributed by atoms with Gasteiger partial charge < -0.3 is 21.3 Å². The van der Waals surface area contributed by atoms with Crippen LogP contribution in [0.1, 0.15) is 32.6 Å². The largest absolute Gasteiger partial charge is 0.479 e. The van der Waals surface area contributed by atoms with E-state index >= 15 is 0 Å². The fourth-order valence-electron chi connectivity index (χ4n) is 1.37. The topological polar surface area (TPSA) is 113 Å². The maximum absolute atomic E-state index is 11.3. The molecule has 0 aromatic carbocycles. The average molecular weight is 246 g/mol. The highest BCUT2D eigenvalue weighted by Crippen LogP contribution is 2.08. The van der Waals surface area contributed by atoms with E-state index in [9.17, 15) is 9.59 Å². The molecule has 100 valence electrons. The Morgan fingerprint density at radius 1 is 1.29 bits per heavy atom. The maximum atomic E-state index is 11.3. The average Bonchev–Trinajstić information content (AvgIpc) is 2.26. The van der Waals surface area contributed by atoms with Gasteiger partial charge in [-0.2, -0.15) is 0 Å². The first-order valence-corrected chi connectivity index (χ1v) is 5.85. The number of carboxylic acid groups (broad SMARTS) is 1. The first kappa shape index (κ1) is 15.9. The minimum absolute atomic E-state index is 0.0272. The minimum Gasteiger partial charge on any atom is -0.479 e. The van der Waals surface area contributed by atoms with Crippen molar-refractivity contribution in [2.45, 2.75) is 38.7 Å². The number of aliphatic carboxylic acids is 1. The SMILES string of the molecule is CC(CCN)CCC(=O)NCCC(O)C(=O)O. The molecule has 5 N–H and O–H groups in total. The molecule has 0 aromatic rings. The smallest absolute Gasteiger partial charge is 0.332 e. The molecule has 6 heteroatoms. The van der Waals surface area contributed by atoms with Crippen molar-refractivity contribution < 1.29 is 19.8 Å². The number of hydrogen-bond acceptors (Lipinski definition) is 4. The lowest BCUT2D eigenvalue weighted by atomic mass is 10.0. The third-order valence-corrected chi connectivity index (χ3v) is 2.55. The van der Waals surface area contributed by atoms with Gasteiger partial charge in [0.1, 0.15) is 0 Å². The molecule has 6 nitrogen and oxygen atoms in total. The van der Waals surface area contributed by atoms with E-state index in [-0.39, 0.29) is 18.9 Å². The number of carbonyl (C=O) groups excluding carboxylic acids is 1. The summed E-state index contributed by atoms with van der Waals surface area (Å²) in [5.41, 5.74) is 5.39. The van der Waals surface area contributed by atoms with Crippen LogP contribution in [0.15, 0.2) is 0 Å². The quantitative estimate of drug-likeness (QED) is 0.446. The summed E-state index contributed by atoms with van der Waals surface area (Å²) in [5, 5.41) is 19.9. The Balaban J connectivity index is 3.56. The van der Waals surface area contributed by atoms with Crippen LogP contribution in [0.25, 0.3) is 0 Å².